The molecule has 0 amide bonds. The summed E-state index contributed by atoms with van der Waals surface area (Å²) >= 11 is 6.00. The second-order valence-corrected chi connectivity index (χ2v) is 8.01. The number of carbonyl (C=O) groups is 1. The molecule has 5 rings (SSSR count). The molecule has 164 valence electrons. The van der Waals surface area contributed by atoms with E-state index in [0.717, 1.165) is 21.3 Å². The van der Waals surface area contributed by atoms with E-state index in [1.807, 2.05) is 49.4 Å². The van der Waals surface area contributed by atoms with Gasteiger partial charge in [-0.15, -0.1) is 10.2 Å². The molecule has 0 aliphatic heterocycles. The van der Waals surface area contributed by atoms with Crippen LogP contribution in [0.3, 0.4) is 0 Å². The normalized spacial score (nSPS) is 12.3. The smallest absolute Gasteiger partial charge is 0.327 e. The topological polar surface area (TPSA) is 115 Å². The zero-order chi connectivity index (χ0) is 23.1. The van der Waals surface area contributed by atoms with Crippen molar-refractivity contribution in [3.8, 4) is 11.1 Å². The van der Waals surface area contributed by atoms with Gasteiger partial charge in [-0.3, -0.25) is 9.36 Å². The molecule has 5 aromatic rings. The Hall–Kier alpha value is -4.11. The molecule has 33 heavy (non-hydrogen) atoms. The van der Waals surface area contributed by atoms with E-state index >= 15 is 0 Å². The van der Waals surface area contributed by atoms with Gasteiger partial charge in [0.15, 0.2) is 16.8 Å². The van der Waals surface area contributed by atoms with Crippen molar-refractivity contribution in [3.05, 3.63) is 87.6 Å². The number of rotatable bonds is 5. The number of hydrogen-bond donors (Lipinski definition) is 1. The first-order chi connectivity index (χ1) is 15.9. The molecular weight excluding hydrogens is 444 g/mol. The third-order valence-corrected chi connectivity index (χ3v) is 5.71. The van der Waals surface area contributed by atoms with Crippen molar-refractivity contribution < 1.29 is 9.90 Å². The quantitative estimate of drug-likeness (QED) is 0.427. The van der Waals surface area contributed by atoms with Gasteiger partial charge in [-0.25, -0.2) is 9.78 Å². The van der Waals surface area contributed by atoms with E-state index in [4.69, 9.17) is 11.6 Å². The van der Waals surface area contributed by atoms with Crippen LogP contribution in [0.5, 0.6) is 0 Å². The molecule has 1 atom stereocenters. The molecule has 0 saturated heterocycles. The van der Waals surface area contributed by atoms with Crippen molar-refractivity contribution in [1.82, 2.24) is 29.4 Å². The lowest BCUT2D eigenvalue weighted by molar-refractivity contribution is -0.141. The summed E-state index contributed by atoms with van der Waals surface area (Å²) in [6.07, 6.45) is 1.35. The van der Waals surface area contributed by atoms with Gasteiger partial charge < -0.3 is 5.11 Å². The van der Waals surface area contributed by atoms with Crippen molar-refractivity contribution in [3.63, 3.8) is 0 Å². The Kier molecular flexibility index (Phi) is 5.10. The van der Waals surface area contributed by atoms with Gasteiger partial charge in [0.1, 0.15) is 12.4 Å². The second-order valence-electron chi connectivity index (χ2n) is 7.58. The average molecular weight is 461 g/mol. The lowest BCUT2D eigenvalue weighted by atomic mass is 10.1. The molecule has 0 aliphatic rings. The van der Waals surface area contributed by atoms with Crippen LogP contribution in [-0.4, -0.2) is 40.4 Å². The van der Waals surface area contributed by atoms with Crippen molar-refractivity contribution in [2.24, 2.45) is 0 Å². The summed E-state index contributed by atoms with van der Waals surface area (Å²) in [7, 11) is 0. The fraction of sp³-hybridized carbons (Fsp3) is 0.130. The van der Waals surface area contributed by atoms with Crippen LogP contribution in [0.15, 0.2) is 65.7 Å². The van der Waals surface area contributed by atoms with E-state index in [1.54, 1.807) is 12.1 Å². The number of benzene rings is 2. The first-order valence-electron chi connectivity index (χ1n) is 10.1. The molecule has 1 unspecified atom stereocenters. The largest absolute Gasteiger partial charge is 0.480 e. The van der Waals surface area contributed by atoms with E-state index in [-0.39, 0.29) is 17.6 Å². The molecule has 0 aliphatic carbocycles. The molecule has 0 spiro atoms. The van der Waals surface area contributed by atoms with Crippen LogP contribution in [0.1, 0.15) is 17.3 Å². The zero-order valence-electron chi connectivity index (χ0n) is 17.4. The summed E-state index contributed by atoms with van der Waals surface area (Å²) in [6.45, 7) is 1.83. The number of aliphatic carboxylic acids is 1. The summed E-state index contributed by atoms with van der Waals surface area (Å²) in [5.74, 6) is -1.14. The maximum Gasteiger partial charge on any atom is 0.327 e. The van der Waals surface area contributed by atoms with Crippen molar-refractivity contribution in [2.75, 3.05) is 0 Å². The van der Waals surface area contributed by atoms with E-state index in [2.05, 4.69) is 20.3 Å². The highest BCUT2D eigenvalue weighted by Crippen LogP contribution is 2.28. The molecule has 3 heterocycles. The van der Waals surface area contributed by atoms with Crippen molar-refractivity contribution >= 4 is 34.4 Å². The Labute approximate surface area is 191 Å². The monoisotopic (exact) mass is 460 g/mol. The molecule has 0 bridgehead atoms. The fourth-order valence-electron chi connectivity index (χ4n) is 3.86. The molecule has 3 aromatic heterocycles. The van der Waals surface area contributed by atoms with Crippen molar-refractivity contribution in [2.45, 2.75) is 19.4 Å². The van der Waals surface area contributed by atoms with Crippen LogP contribution >= 0.6 is 11.6 Å². The molecule has 10 heteroatoms. The highest BCUT2D eigenvalue weighted by Gasteiger charge is 2.24. The van der Waals surface area contributed by atoms with Gasteiger partial charge >= 0.3 is 5.97 Å². The highest BCUT2D eigenvalue weighted by molar-refractivity contribution is 6.30. The third-order valence-electron chi connectivity index (χ3n) is 5.46. The van der Waals surface area contributed by atoms with Crippen LogP contribution in [0.2, 0.25) is 5.02 Å². The zero-order valence-corrected chi connectivity index (χ0v) is 18.1. The number of nitrogens with zero attached hydrogens (tertiary/aromatic N) is 6. The highest BCUT2D eigenvalue weighted by atomic mass is 35.5. The van der Waals surface area contributed by atoms with Gasteiger partial charge in [0, 0.05) is 11.4 Å². The summed E-state index contributed by atoms with van der Waals surface area (Å²) in [4.78, 5) is 29.5. The van der Waals surface area contributed by atoms with E-state index in [1.165, 1.54) is 10.8 Å². The standard InChI is InChI=1S/C23H17ClN6O3/c1-13-18(15-7-9-16(24)10-8-15)20-27-26-19-21(30(20)28-13)25-12-29(22(19)31)17(23(32)33)11-14-5-3-2-4-6-14/h2-10,12,17H,11H2,1H3,(H,32,33). The van der Waals surface area contributed by atoms with Crippen molar-refractivity contribution in [1.29, 1.82) is 0 Å². The fourth-order valence-corrected chi connectivity index (χ4v) is 3.99. The Morgan fingerprint density at radius 3 is 2.48 bits per heavy atom. The summed E-state index contributed by atoms with van der Waals surface area (Å²) in [6, 6.07) is 15.2. The van der Waals surface area contributed by atoms with Gasteiger partial charge in [0.2, 0.25) is 0 Å². The minimum Gasteiger partial charge on any atom is -0.480 e. The lowest BCUT2D eigenvalue weighted by Crippen LogP contribution is -2.32. The number of aryl methyl sites for hydroxylation is 1. The Bertz CT molecular complexity index is 1560. The number of halogens is 1. The van der Waals surface area contributed by atoms with Gasteiger partial charge in [-0.05, 0) is 30.2 Å². The summed E-state index contributed by atoms with van der Waals surface area (Å²) in [5, 5.41) is 23.3. The maximum atomic E-state index is 13.2. The molecule has 0 fully saturated rings. The van der Waals surface area contributed by atoms with Crippen LogP contribution in [0.4, 0.5) is 0 Å². The van der Waals surface area contributed by atoms with Gasteiger partial charge in [0.25, 0.3) is 5.56 Å². The molecular formula is C23H17ClN6O3. The minimum atomic E-state index is -1.14. The summed E-state index contributed by atoms with van der Waals surface area (Å²) in [5.41, 5.74) is 3.04. The number of aromatic nitrogens is 6. The lowest BCUT2D eigenvalue weighted by Gasteiger charge is -2.15. The Morgan fingerprint density at radius 1 is 1.06 bits per heavy atom. The molecule has 9 nitrogen and oxygen atoms in total. The van der Waals surface area contributed by atoms with Crippen LogP contribution in [0, 0.1) is 6.92 Å². The first kappa shape index (κ1) is 20.8. The molecule has 0 radical (unpaired) electrons. The molecule has 2 aromatic carbocycles. The van der Waals surface area contributed by atoms with E-state index in [0.29, 0.717) is 16.4 Å². The van der Waals surface area contributed by atoms with Crippen LogP contribution in [-0.2, 0) is 11.2 Å². The second kappa shape index (κ2) is 8.10. The van der Waals surface area contributed by atoms with Crippen LogP contribution < -0.4 is 5.56 Å². The average Bonchev–Trinajstić information content (AvgIpc) is 3.15. The first-order valence-corrected chi connectivity index (χ1v) is 10.5. The third kappa shape index (κ3) is 3.62. The van der Waals surface area contributed by atoms with E-state index in [9.17, 15) is 14.7 Å². The Balaban J connectivity index is 1.65. The SMILES string of the molecule is Cc1nn2c(nnc3c(=O)n(C(Cc4ccccc4)C(=O)O)cnc32)c1-c1ccc(Cl)cc1. The van der Waals surface area contributed by atoms with E-state index < -0.39 is 17.6 Å². The van der Waals surface area contributed by atoms with Gasteiger partial charge in [-0.2, -0.15) is 9.61 Å². The predicted molar refractivity (Wildman–Crippen MR) is 122 cm³/mol. The summed E-state index contributed by atoms with van der Waals surface area (Å²) < 4.78 is 2.54. The molecule has 0 saturated carbocycles. The number of carboxylic acid groups (broad SMARTS) is 1. The number of carboxylic acids is 1. The number of fused-ring (bicyclic) bond motifs is 3. The predicted octanol–water partition coefficient (Wildman–Crippen LogP) is 3.33. The Morgan fingerprint density at radius 2 is 1.79 bits per heavy atom. The van der Waals surface area contributed by atoms with Gasteiger partial charge in [0.05, 0.1) is 11.3 Å². The van der Waals surface area contributed by atoms with Gasteiger partial charge in [-0.1, -0.05) is 54.1 Å². The molecule has 1 N–H and O–H groups in total. The van der Waals surface area contributed by atoms with Crippen LogP contribution in [0.25, 0.3) is 27.9 Å². The number of hydrogen-bond acceptors (Lipinski definition) is 6. The maximum absolute atomic E-state index is 13.2. The minimum absolute atomic E-state index is 0.0607.